The Balaban J connectivity index is 4.23. The van der Waals surface area contributed by atoms with Crippen molar-refractivity contribution in [2.45, 2.75) is 37.8 Å². The fraction of sp³-hybridized carbons (Fsp3) is 1.00. The minimum absolute atomic E-state index is 0.0615. The maximum absolute atomic E-state index is 9.58. The van der Waals surface area contributed by atoms with Gasteiger partial charge in [0.25, 0.3) is 0 Å². The van der Waals surface area contributed by atoms with E-state index in [2.05, 4.69) is 0 Å². The van der Waals surface area contributed by atoms with Gasteiger partial charge in [0.2, 0.25) is 0 Å². The summed E-state index contributed by atoms with van der Waals surface area (Å²) in [6, 6.07) is 0. The zero-order valence-corrected chi connectivity index (χ0v) is 8.88. The number of hydrogen-bond donors (Lipinski definition) is 3. The minimum Gasteiger partial charge on any atom is -0.390 e. The highest BCUT2D eigenvalue weighted by Gasteiger charge is 2.31. The number of aliphatic hydroxyl groups is 3. The van der Waals surface area contributed by atoms with Crippen LogP contribution in [0.3, 0.4) is 0 Å². The fourth-order valence-electron chi connectivity index (χ4n) is 1.25. The second-order valence-corrected chi connectivity index (χ2v) is 3.19. The molecule has 0 saturated heterocycles. The monoisotopic (exact) mass is 208 g/mol. The summed E-state index contributed by atoms with van der Waals surface area (Å²) in [5, 5.41) is 28.4. The molecule has 86 valence electrons. The zero-order chi connectivity index (χ0) is 11.1. The van der Waals surface area contributed by atoms with Crippen LogP contribution in [-0.2, 0) is 9.47 Å². The van der Waals surface area contributed by atoms with Crippen molar-refractivity contribution in [3.63, 3.8) is 0 Å². The van der Waals surface area contributed by atoms with Crippen molar-refractivity contribution in [3.8, 4) is 0 Å². The number of rotatable bonds is 7. The maximum Gasteiger partial charge on any atom is 0.114 e. The average molecular weight is 208 g/mol. The smallest absolute Gasteiger partial charge is 0.114 e. The van der Waals surface area contributed by atoms with Crippen molar-refractivity contribution >= 4 is 0 Å². The Morgan fingerprint density at radius 2 is 1.64 bits per heavy atom. The number of methoxy groups -OCH3 is 2. The lowest BCUT2D eigenvalue weighted by atomic mass is 10.0. The first-order valence-electron chi connectivity index (χ1n) is 4.64. The van der Waals surface area contributed by atoms with Crippen LogP contribution < -0.4 is 0 Å². The predicted octanol–water partition coefficient (Wildman–Crippen LogP) is -0.860. The standard InChI is InChI=1S/C9H20O5/c1-4-6(10)8(12)9(14-3)7(11)5-13-2/h6-12H,4-5H2,1-3H3. The molecule has 0 amide bonds. The second kappa shape index (κ2) is 7.14. The molecule has 0 fully saturated rings. The zero-order valence-electron chi connectivity index (χ0n) is 8.88. The van der Waals surface area contributed by atoms with Crippen LogP contribution in [0.4, 0.5) is 0 Å². The lowest BCUT2D eigenvalue weighted by Crippen LogP contribution is -2.47. The van der Waals surface area contributed by atoms with Crippen LogP contribution in [0, 0.1) is 0 Å². The SMILES string of the molecule is CCC(O)C(O)C(OC)C(O)COC. The summed E-state index contributed by atoms with van der Waals surface area (Å²) in [4.78, 5) is 0. The first kappa shape index (κ1) is 13.8. The number of aliphatic hydroxyl groups excluding tert-OH is 3. The van der Waals surface area contributed by atoms with Crippen LogP contribution >= 0.6 is 0 Å². The van der Waals surface area contributed by atoms with E-state index < -0.39 is 24.4 Å². The van der Waals surface area contributed by atoms with E-state index in [1.54, 1.807) is 6.92 Å². The predicted molar refractivity (Wildman–Crippen MR) is 51.0 cm³/mol. The van der Waals surface area contributed by atoms with Crippen molar-refractivity contribution in [1.29, 1.82) is 0 Å². The fourth-order valence-corrected chi connectivity index (χ4v) is 1.25. The Labute approximate surface area is 84.3 Å². The van der Waals surface area contributed by atoms with E-state index >= 15 is 0 Å². The van der Waals surface area contributed by atoms with E-state index in [4.69, 9.17) is 9.47 Å². The van der Waals surface area contributed by atoms with Crippen LogP contribution in [0.15, 0.2) is 0 Å². The Hall–Kier alpha value is -0.200. The van der Waals surface area contributed by atoms with Crippen molar-refractivity contribution in [3.05, 3.63) is 0 Å². The van der Waals surface area contributed by atoms with Gasteiger partial charge in [0.05, 0.1) is 12.7 Å². The van der Waals surface area contributed by atoms with Gasteiger partial charge in [-0.3, -0.25) is 0 Å². The third-order valence-electron chi connectivity index (χ3n) is 2.14. The van der Waals surface area contributed by atoms with E-state index in [-0.39, 0.29) is 6.61 Å². The Bertz CT molecular complexity index is 141. The highest BCUT2D eigenvalue weighted by Crippen LogP contribution is 2.11. The lowest BCUT2D eigenvalue weighted by Gasteiger charge is -2.28. The highest BCUT2D eigenvalue weighted by atomic mass is 16.5. The third-order valence-corrected chi connectivity index (χ3v) is 2.14. The second-order valence-electron chi connectivity index (χ2n) is 3.19. The summed E-state index contributed by atoms with van der Waals surface area (Å²) in [6.07, 6.45) is -3.37. The molecule has 0 spiro atoms. The molecule has 0 heterocycles. The van der Waals surface area contributed by atoms with Crippen LogP contribution in [-0.4, -0.2) is 60.6 Å². The average Bonchev–Trinajstić information content (AvgIpc) is 2.18. The van der Waals surface area contributed by atoms with Gasteiger partial charge in [0.1, 0.15) is 18.3 Å². The first-order valence-corrected chi connectivity index (χ1v) is 4.64. The van der Waals surface area contributed by atoms with Gasteiger partial charge in [-0.25, -0.2) is 0 Å². The van der Waals surface area contributed by atoms with Gasteiger partial charge in [-0.15, -0.1) is 0 Å². The molecule has 0 bridgehead atoms. The molecular formula is C9H20O5. The molecule has 0 aromatic rings. The molecule has 4 atom stereocenters. The summed E-state index contributed by atoms with van der Waals surface area (Å²) < 4.78 is 9.64. The normalized spacial score (nSPS) is 20.1. The largest absolute Gasteiger partial charge is 0.390 e. The molecule has 0 aliphatic heterocycles. The molecule has 14 heavy (non-hydrogen) atoms. The summed E-state index contributed by atoms with van der Waals surface area (Å²) >= 11 is 0. The third kappa shape index (κ3) is 3.89. The number of hydrogen-bond acceptors (Lipinski definition) is 5. The number of ether oxygens (including phenoxy) is 2. The molecule has 3 N–H and O–H groups in total. The summed E-state index contributed by atoms with van der Waals surface area (Å²) in [5.74, 6) is 0. The Morgan fingerprint density at radius 3 is 2.00 bits per heavy atom. The van der Waals surface area contributed by atoms with Gasteiger partial charge in [-0.2, -0.15) is 0 Å². The minimum atomic E-state index is -1.10. The Kier molecular flexibility index (Phi) is 7.04. The molecule has 0 aromatic carbocycles. The quantitative estimate of drug-likeness (QED) is 0.507. The molecule has 0 aliphatic carbocycles. The topological polar surface area (TPSA) is 79.2 Å². The van der Waals surface area contributed by atoms with Gasteiger partial charge in [-0.05, 0) is 6.42 Å². The van der Waals surface area contributed by atoms with Gasteiger partial charge in [0.15, 0.2) is 0 Å². The molecule has 0 rings (SSSR count). The Morgan fingerprint density at radius 1 is 1.07 bits per heavy atom. The van der Waals surface area contributed by atoms with Gasteiger partial charge in [-0.1, -0.05) is 6.92 Å². The lowest BCUT2D eigenvalue weighted by molar-refractivity contribution is -0.133. The maximum atomic E-state index is 9.58. The molecule has 5 heteroatoms. The summed E-state index contributed by atoms with van der Waals surface area (Å²) in [5.41, 5.74) is 0. The van der Waals surface area contributed by atoms with Crippen molar-refractivity contribution in [2.75, 3.05) is 20.8 Å². The van der Waals surface area contributed by atoms with E-state index in [0.29, 0.717) is 6.42 Å². The van der Waals surface area contributed by atoms with E-state index in [9.17, 15) is 15.3 Å². The summed E-state index contributed by atoms with van der Waals surface area (Å²) in [6.45, 7) is 1.80. The molecule has 0 aliphatic rings. The summed E-state index contributed by atoms with van der Waals surface area (Å²) in [7, 11) is 2.81. The van der Waals surface area contributed by atoms with E-state index in [0.717, 1.165) is 0 Å². The van der Waals surface area contributed by atoms with E-state index in [1.165, 1.54) is 14.2 Å². The van der Waals surface area contributed by atoms with Crippen molar-refractivity contribution in [2.24, 2.45) is 0 Å². The molecule has 5 nitrogen and oxygen atoms in total. The van der Waals surface area contributed by atoms with Gasteiger partial charge < -0.3 is 24.8 Å². The van der Waals surface area contributed by atoms with Crippen molar-refractivity contribution < 1.29 is 24.8 Å². The van der Waals surface area contributed by atoms with Gasteiger partial charge in [0, 0.05) is 14.2 Å². The van der Waals surface area contributed by atoms with Crippen LogP contribution in [0.25, 0.3) is 0 Å². The molecule has 0 aromatic heterocycles. The molecular weight excluding hydrogens is 188 g/mol. The first-order chi connectivity index (χ1) is 6.58. The van der Waals surface area contributed by atoms with Crippen LogP contribution in [0.5, 0.6) is 0 Å². The van der Waals surface area contributed by atoms with E-state index in [1.807, 2.05) is 0 Å². The molecule has 4 unspecified atom stereocenters. The molecule has 0 saturated carbocycles. The van der Waals surface area contributed by atoms with Crippen LogP contribution in [0.2, 0.25) is 0 Å². The van der Waals surface area contributed by atoms with Crippen molar-refractivity contribution in [1.82, 2.24) is 0 Å². The highest BCUT2D eigenvalue weighted by molar-refractivity contribution is 4.81. The van der Waals surface area contributed by atoms with Gasteiger partial charge >= 0.3 is 0 Å². The molecule has 0 radical (unpaired) electrons. The van der Waals surface area contributed by atoms with Crippen LogP contribution in [0.1, 0.15) is 13.3 Å².